The van der Waals surface area contributed by atoms with Gasteiger partial charge in [0.1, 0.15) is 0 Å². The molecule has 0 radical (unpaired) electrons. The van der Waals surface area contributed by atoms with Gasteiger partial charge in [0.05, 0.1) is 0 Å². The maximum Gasteiger partial charge on any atom is 0.338 e. The van der Waals surface area contributed by atoms with E-state index >= 15 is 0 Å². The Labute approximate surface area is 83.8 Å². The quantitative estimate of drug-likeness (QED) is 0.474. The molecule has 5 N–H and O–H groups in total. The lowest BCUT2D eigenvalue weighted by Crippen LogP contribution is -2.55. The van der Waals surface area contributed by atoms with Crippen molar-refractivity contribution >= 4 is 30.8 Å². The lowest BCUT2D eigenvalue weighted by Gasteiger charge is -2.15. The Hall–Kier alpha value is -0.290. The molecule has 0 aliphatic carbocycles. The number of carboxylic acids is 1. The second-order valence-electron chi connectivity index (χ2n) is 2.12. The highest BCUT2D eigenvalue weighted by Crippen LogP contribution is 1.98. The SMILES string of the molecule is CC=CCC(N)(N)C(=O)O.Cl.Cl. The molecule has 0 aromatic rings. The van der Waals surface area contributed by atoms with Gasteiger partial charge in [-0.15, -0.1) is 24.8 Å². The monoisotopic (exact) mass is 216 g/mol. The highest BCUT2D eigenvalue weighted by molar-refractivity contribution is 5.85. The van der Waals surface area contributed by atoms with Crippen LogP contribution in [0.5, 0.6) is 0 Å². The average Bonchev–Trinajstić information content (AvgIpc) is 1.84. The molecule has 0 saturated carbocycles. The van der Waals surface area contributed by atoms with Crippen molar-refractivity contribution in [2.24, 2.45) is 11.5 Å². The van der Waals surface area contributed by atoms with Gasteiger partial charge in [-0.25, -0.2) is 4.79 Å². The van der Waals surface area contributed by atoms with Crippen LogP contribution < -0.4 is 11.5 Å². The highest BCUT2D eigenvalue weighted by Gasteiger charge is 2.26. The number of carboxylic acid groups (broad SMARTS) is 1. The van der Waals surface area contributed by atoms with Crippen LogP contribution in [0.25, 0.3) is 0 Å². The van der Waals surface area contributed by atoms with Crippen molar-refractivity contribution in [1.29, 1.82) is 0 Å². The number of hydrogen-bond acceptors (Lipinski definition) is 3. The van der Waals surface area contributed by atoms with Gasteiger partial charge in [-0.05, 0) is 6.92 Å². The van der Waals surface area contributed by atoms with Crippen molar-refractivity contribution in [3.8, 4) is 0 Å². The summed E-state index contributed by atoms with van der Waals surface area (Å²) in [5.74, 6) is -1.19. The van der Waals surface area contributed by atoms with E-state index in [-0.39, 0.29) is 31.2 Å². The number of halogens is 2. The number of hydrogen-bond donors (Lipinski definition) is 3. The second-order valence-corrected chi connectivity index (χ2v) is 2.12. The Kier molecular flexibility index (Phi) is 10.9. The summed E-state index contributed by atoms with van der Waals surface area (Å²) in [4.78, 5) is 10.2. The minimum atomic E-state index is -1.62. The van der Waals surface area contributed by atoms with E-state index < -0.39 is 11.6 Å². The third-order valence-corrected chi connectivity index (χ3v) is 1.09. The largest absolute Gasteiger partial charge is 0.479 e. The molecule has 0 unspecified atom stereocenters. The zero-order valence-corrected chi connectivity index (χ0v) is 8.32. The number of nitrogens with two attached hydrogens (primary N) is 2. The van der Waals surface area contributed by atoms with E-state index in [9.17, 15) is 4.79 Å². The van der Waals surface area contributed by atoms with Crippen LogP contribution >= 0.6 is 24.8 Å². The molecule has 0 aliphatic heterocycles. The van der Waals surface area contributed by atoms with E-state index in [0.717, 1.165) is 0 Å². The summed E-state index contributed by atoms with van der Waals surface area (Å²) in [5, 5.41) is 8.38. The number of aliphatic carboxylic acids is 1. The van der Waals surface area contributed by atoms with Gasteiger partial charge in [0.25, 0.3) is 0 Å². The van der Waals surface area contributed by atoms with Crippen LogP contribution in [0.15, 0.2) is 12.2 Å². The van der Waals surface area contributed by atoms with Crippen LogP contribution in [0.4, 0.5) is 0 Å². The first-order valence-electron chi connectivity index (χ1n) is 2.93. The van der Waals surface area contributed by atoms with E-state index in [4.69, 9.17) is 16.6 Å². The van der Waals surface area contributed by atoms with Crippen molar-refractivity contribution in [3.05, 3.63) is 12.2 Å². The highest BCUT2D eigenvalue weighted by atomic mass is 35.5. The molecule has 0 aromatic heterocycles. The predicted octanol–water partition coefficient (Wildman–Crippen LogP) is 0.495. The third-order valence-electron chi connectivity index (χ3n) is 1.09. The molecule has 6 heteroatoms. The molecule has 0 aromatic carbocycles. The Bertz CT molecular complexity index is 160. The summed E-state index contributed by atoms with van der Waals surface area (Å²) in [6.07, 6.45) is 3.48. The summed E-state index contributed by atoms with van der Waals surface area (Å²) in [7, 11) is 0. The van der Waals surface area contributed by atoms with E-state index in [1.807, 2.05) is 0 Å². The number of carbonyl (C=O) groups is 1. The van der Waals surface area contributed by atoms with Crippen molar-refractivity contribution in [2.45, 2.75) is 19.0 Å². The van der Waals surface area contributed by atoms with Crippen LogP contribution in [0.3, 0.4) is 0 Å². The molecular formula is C6H14Cl2N2O2. The minimum Gasteiger partial charge on any atom is -0.479 e. The summed E-state index contributed by atoms with van der Waals surface area (Å²) < 4.78 is 0. The fourth-order valence-corrected chi connectivity index (χ4v) is 0.400. The molecule has 74 valence electrons. The van der Waals surface area contributed by atoms with Gasteiger partial charge in [-0.3, -0.25) is 0 Å². The molecule has 4 nitrogen and oxygen atoms in total. The van der Waals surface area contributed by atoms with Crippen LogP contribution in [0.1, 0.15) is 13.3 Å². The van der Waals surface area contributed by atoms with Gasteiger partial charge in [0, 0.05) is 6.42 Å². The summed E-state index contributed by atoms with van der Waals surface area (Å²) in [5.41, 5.74) is 8.73. The lowest BCUT2D eigenvalue weighted by atomic mass is 10.1. The molecule has 0 saturated heterocycles. The topological polar surface area (TPSA) is 89.3 Å². The van der Waals surface area contributed by atoms with Gasteiger partial charge in [0.15, 0.2) is 5.66 Å². The molecule has 0 spiro atoms. The van der Waals surface area contributed by atoms with Crippen LogP contribution in [0.2, 0.25) is 0 Å². The first kappa shape index (κ1) is 17.7. The minimum absolute atomic E-state index is 0. The Morgan fingerprint density at radius 1 is 1.50 bits per heavy atom. The third kappa shape index (κ3) is 6.42. The van der Waals surface area contributed by atoms with Gasteiger partial charge in [0.2, 0.25) is 0 Å². The lowest BCUT2D eigenvalue weighted by molar-refractivity contribution is -0.143. The van der Waals surface area contributed by atoms with Crippen molar-refractivity contribution < 1.29 is 9.90 Å². The molecule has 0 heterocycles. The zero-order valence-electron chi connectivity index (χ0n) is 6.69. The van der Waals surface area contributed by atoms with Crippen molar-refractivity contribution in [3.63, 3.8) is 0 Å². The summed E-state index contributed by atoms with van der Waals surface area (Å²) >= 11 is 0. The fraction of sp³-hybridized carbons (Fsp3) is 0.500. The Morgan fingerprint density at radius 3 is 2.17 bits per heavy atom. The Balaban J connectivity index is -0.000000405. The number of allylic oxidation sites excluding steroid dienone is 1. The van der Waals surface area contributed by atoms with E-state index in [1.54, 1.807) is 19.1 Å². The fourth-order valence-electron chi connectivity index (χ4n) is 0.400. The van der Waals surface area contributed by atoms with Gasteiger partial charge in [-0.2, -0.15) is 0 Å². The summed E-state index contributed by atoms with van der Waals surface area (Å²) in [6.45, 7) is 1.78. The first-order valence-corrected chi connectivity index (χ1v) is 2.93. The number of rotatable bonds is 3. The standard InChI is InChI=1S/C6H12N2O2.2ClH/c1-2-3-4-6(7,8)5(9)10;;/h2-3H,4,7-8H2,1H3,(H,9,10);2*1H. The van der Waals surface area contributed by atoms with E-state index in [1.165, 1.54) is 0 Å². The molecule has 0 aliphatic rings. The van der Waals surface area contributed by atoms with Crippen LogP contribution in [-0.4, -0.2) is 16.7 Å². The molecule has 0 bridgehead atoms. The van der Waals surface area contributed by atoms with Gasteiger partial charge >= 0.3 is 5.97 Å². The predicted molar refractivity (Wildman–Crippen MR) is 52.7 cm³/mol. The van der Waals surface area contributed by atoms with Crippen LogP contribution in [0, 0.1) is 0 Å². The second kappa shape index (κ2) is 7.36. The molecular weight excluding hydrogens is 203 g/mol. The van der Waals surface area contributed by atoms with E-state index in [2.05, 4.69) is 0 Å². The molecule has 0 fully saturated rings. The Morgan fingerprint density at radius 2 is 1.92 bits per heavy atom. The van der Waals surface area contributed by atoms with Crippen molar-refractivity contribution in [2.75, 3.05) is 0 Å². The van der Waals surface area contributed by atoms with Crippen molar-refractivity contribution in [1.82, 2.24) is 0 Å². The molecule has 0 rings (SSSR count). The smallest absolute Gasteiger partial charge is 0.338 e. The normalized spacial score (nSPS) is 10.2. The summed E-state index contributed by atoms with van der Waals surface area (Å²) in [6, 6.07) is 0. The first-order chi connectivity index (χ1) is 4.50. The maximum atomic E-state index is 10.2. The van der Waals surface area contributed by atoms with Crippen LogP contribution in [-0.2, 0) is 4.79 Å². The zero-order chi connectivity index (χ0) is 8.20. The average molecular weight is 217 g/mol. The molecule has 0 atom stereocenters. The molecule has 0 amide bonds. The van der Waals surface area contributed by atoms with E-state index in [0.29, 0.717) is 0 Å². The maximum absolute atomic E-state index is 10.2. The molecule has 12 heavy (non-hydrogen) atoms. The van der Waals surface area contributed by atoms with Gasteiger partial charge in [-0.1, -0.05) is 12.2 Å². The van der Waals surface area contributed by atoms with Gasteiger partial charge < -0.3 is 16.6 Å².